The van der Waals surface area contributed by atoms with Gasteiger partial charge in [0.2, 0.25) is 0 Å². The number of ether oxygens (including phenoxy) is 1. The van der Waals surface area contributed by atoms with Crippen LogP contribution in [-0.4, -0.2) is 23.8 Å². The van der Waals surface area contributed by atoms with Gasteiger partial charge >= 0.3 is 5.97 Å². The van der Waals surface area contributed by atoms with E-state index in [2.05, 4.69) is 20.8 Å². The molecule has 0 heterocycles. The summed E-state index contributed by atoms with van der Waals surface area (Å²) in [6.45, 7) is 12.0. The molecule has 17 heavy (non-hydrogen) atoms. The van der Waals surface area contributed by atoms with Gasteiger partial charge in [0.15, 0.2) is 5.60 Å². The number of carbonyl (C=O) groups excluding carboxylic acids is 1. The molecule has 1 N–H and O–H groups in total. The first kappa shape index (κ1) is 16.4. The molecule has 0 bridgehead atoms. The number of methoxy groups -OCH3 is 1. The number of carbonyl (C=O) groups is 1. The molecule has 0 aliphatic heterocycles. The lowest BCUT2D eigenvalue weighted by Crippen LogP contribution is -2.54. The predicted octanol–water partition coefficient (Wildman–Crippen LogP) is 3.15. The smallest absolute Gasteiger partial charge is 0.338 e. The number of aliphatic hydroxyl groups is 1. The standard InChI is InChI=1S/C14H28O3/c1-8-12(3,4)10-14(16,11(15)17-7)13(5,6)9-2/h16H,8-10H2,1-7H3. The fraction of sp³-hybridized carbons (Fsp3) is 0.929. The van der Waals surface area contributed by atoms with E-state index in [-0.39, 0.29) is 5.41 Å². The molecule has 0 radical (unpaired) electrons. The molecular formula is C14H28O3. The van der Waals surface area contributed by atoms with Crippen LogP contribution >= 0.6 is 0 Å². The molecule has 1 atom stereocenters. The summed E-state index contributed by atoms with van der Waals surface area (Å²) in [6.07, 6.45) is 2.05. The van der Waals surface area contributed by atoms with Gasteiger partial charge in [-0.15, -0.1) is 0 Å². The maximum absolute atomic E-state index is 12.0. The molecule has 0 spiro atoms. The minimum absolute atomic E-state index is 0.0879. The summed E-state index contributed by atoms with van der Waals surface area (Å²) in [6, 6.07) is 0. The maximum Gasteiger partial charge on any atom is 0.338 e. The van der Waals surface area contributed by atoms with E-state index in [1.165, 1.54) is 7.11 Å². The summed E-state index contributed by atoms with van der Waals surface area (Å²) < 4.78 is 4.80. The van der Waals surface area contributed by atoms with E-state index >= 15 is 0 Å². The van der Waals surface area contributed by atoms with Crippen LogP contribution in [0.25, 0.3) is 0 Å². The van der Waals surface area contributed by atoms with Crippen LogP contribution in [0.15, 0.2) is 0 Å². The van der Waals surface area contributed by atoms with Gasteiger partial charge in [-0.3, -0.25) is 0 Å². The van der Waals surface area contributed by atoms with Gasteiger partial charge in [0, 0.05) is 5.41 Å². The molecular weight excluding hydrogens is 216 g/mol. The number of esters is 1. The summed E-state index contributed by atoms with van der Waals surface area (Å²) in [5.41, 5.74) is -2.00. The molecule has 0 aromatic carbocycles. The molecule has 0 aliphatic carbocycles. The van der Waals surface area contributed by atoms with E-state index in [0.717, 1.165) is 12.8 Å². The average Bonchev–Trinajstić information content (AvgIpc) is 2.26. The normalized spacial score (nSPS) is 16.5. The second-order valence-corrected chi connectivity index (χ2v) is 6.28. The number of rotatable bonds is 6. The summed E-state index contributed by atoms with van der Waals surface area (Å²) in [7, 11) is 1.33. The van der Waals surface area contributed by atoms with Gasteiger partial charge in [-0.1, -0.05) is 48.0 Å². The fourth-order valence-electron chi connectivity index (χ4n) is 1.87. The monoisotopic (exact) mass is 244 g/mol. The minimum Gasteiger partial charge on any atom is -0.467 e. The molecule has 0 aliphatic rings. The predicted molar refractivity (Wildman–Crippen MR) is 69.7 cm³/mol. The van der Waals surface area contributed by atoms with Crippen molar-refractivity contribution in [3.63, 3.8) is 0 Å². The SMILES string of the molecule is CCC(C)(C)CC(O)(C(=O)OC)C(C)(C)CC. The largest absolute Gasteiger partial charge is 0.467 e. The van der Waals surface area contributed by atoms with Gasteiger partial charge in [-0.2, -0.15) is 0 Å². The van der Waals surface area contributed by atoms with E-state index in [0.29, 0.717) is 6.42 Å². The van der Waals surface area contributed by atoms with Gasteiger partial charge < -0.3 is 9.84 Å². The van der Waals surface area contributed by atoms with Gasteiger partial charge in [0.05, 0.1) is 7.11 Å². The topological polar surface area (TPSA) is 46.5 Å². The number of hydrogen-bond acceptors (Lipinski definition) is 3. The molecule has 0 rings (SSSR count). The molecule has 3 heteroatoms. The van der Waals surface area contributed by atoms with Crippen molar-refractivity contribution in [1.29, 1.82) is 0 Å². The Labute approximate surface area is 106 Å². The lowest BCUT2D eigenvalue weighted by atomic mass is 9.65. The van der Waals surface area contributed by atoms with E-state index in [9.17, 15) is 9.90 Å². The van der Waals surface area contributed by atoms with Crippen LogP contribution < -0.4 is 0 Å². The van der Waals surface area contributed by atoms with Gasteiger partial charge in [-0.05, 0) is 18.3 Å². The Balaban J connectivity index is 5.34. The first-order chi connectivity index (χ1) is 7.56. The van der Waals surface area contributed by atoms with Crippen LogP contribution in [0.5, 0.6) is 0 Å². The molecule has 0 aromatic rings. The highest BCUT2D eigenvalue weighted by molar-refractivity contribution is 5.80. The van der Waals surface area contributed by atoms with Crippen molar-refractivity contribution in [2.45, 2.75) is 66.4 Å². The Hall–Kier alpha value is -0.570. The molecule has 1 unspecified atom stereocenters. The molecule has 0 fully saturated rings. The highest BCUT2D eigenvalue weighted by Crippen LogP contribution is 2.43. The molecule has 0 amide bonds. The minimum atomic E-state index is -1.42. The van der Waals surface area contributed by atoms with E-state index in [1.807, 2.05) is 20.8 Å². The third-order valence-corrected chi connectivity index (χ3v) is 4.22. The second kappa shape index (κ2) is 5.38. The fourth-order valence-corrected chi connectivity index (χ4v) is 1.87. The average molecular weight is 244 g/mol. The lowest BCUT2D eigenvalue weighted by molar-refractivity contribution is -0.183. The van der Waals surface area contributed by atoms with Crippen molar-refractivity contribution in [2.24, 2.45) is 10.8 Å². The first-order valence-corrected chi connectivity index (χ1v) is 6.37. The Bertz CT molecular complexity index is 269. The van der Waals surface area contributed by atoms with Gasteiger partial charge in [-0.25, -0.2) is 4.79 Å². The van der Waals surface area contributed by atoms with Gasteiger partial charge in [0.25, 0.3) is 0 Å². The zero-order chi connectivity index (χ0) is 13.9. The van der Waals surface area contributed by atoms with Crippen LogP contribution in [-0.2, 0) is 9.53 Å². The van der Waals surface area contributed by atoms with Crippen molar-refractivity contribution >= 4 is 5.97 Å². The quantitative estimate of drug-likeness (QED) is 0.730. The summed E-state index contributed by atoms with van der Waals surface area (Å²) in [5.74, 6) is -0.522. The lowest BCUT2D eigenvalue weighted by Gasteiger charge is -2.43. The summed E-state index contributed by atoms with van der Waals surface area (Å²) in [4.78, 5) is 12.0. The third-order valence-electron chi connectivity index (χ3n) is 4.22. The molecule has 0 aromatic heterocycles. The van der Waals surface area contributed by atoms with Crippen LogP contribution in [0.1, 0.15) is 60.8 Å². The van der Waals surface area contributed by atoms with Crippen molar-refractivity contribution in [1.82, 2.24) is 0 Å². The van der Waals surface area contributed by atoms with E-state index in [1.54, 1.807) is 0 Å². The maximum atomic E-state index is 12.0. The Kier molecular flexibility index (Phi) is 5.20. The highest BCUT2D eigenvalue weighted by atomic mass is 16.5. The van der Waals surface area contributed by atoms with Gasteiger partial charge in [0.1, 0.15) is 0 Å². The molecule has 3 nitrogen and oxygen atoms in total. The zero-order valence-corrected chi connectivity index (χ0v) is 12.4. The Morgan fingerprint density at radius 1 is 1.12 bits per heavy atom. The first-order valence-electron chi connectivity index (χ1n) is 6.37. The Morgan fingerprint density at radius 2 is 1.59 bits per heavy atom. The number of hydrogen-bond donors (Lipinski definition) is 1. The third kappa shape index (κ3) is 3.44. The second-order valence-electron chi connectivity index (χ2n) is 6.28. The molecule has 0 saturated carbocycles. The van der Waals surface area contributed by atoms with Crippen molar-refractivity contribution in [2.75, 3.05) is 7.11 Å². The summed E-state index contributed by atoms with van der Waals surface area (Å²) >= 11 is 0. The van der Waals surface area contributed by atoms with Crippen LogP contribution in [0.4, 0.5) is 0 Å². The van der Waals surface area contributed by atoms with Crippen molar-refractivity contribution in [3.05, 3.63) is 0 Å². The Morgan fingerprint density at radius 3 is 1.88 bits per heavy atom. The van der Waals surface area contributed by atoms with Crippen LogP contribution in [0.2, 0.25) is 0 Å². The van der Waals surface area contributed by atoms with Crippen molar-refractivity contribution < 1.29 is 14.6 Å². The van der Waals surface area contributed by atoms with Crippen LogP contribution in [0, 0.1) is 10.8 Å². The molecule has 102 valence electrons. The molecule has 0 saturated heterocycles. The highest BCUT2D eigenvalue weighted by Gasteiger charge is 2.51. The summed E-state index contributed by atoms with van der Waals surface area (Å²) in [5, 5.41) is 10.8. The van der Waals surface area contributed by atoms with Crippen molar-refractivity contribution in [3.8, 4) is 0 Å². The zero-order valence-electron chi connectivity index (χ0n) is 12.4. The van der Waals surface area contributed by atoms with Crippen LogP contribution in [0.3, 0.4) is 0 Å². The van der Waals surface area contributed by atoms with E-state index < -0.39 is 17.0 Å². The van der Waals surface area contributed by atoms with E-state index in [4.69, 9.17) is 4.74 Å².